The maximum atomic E-state index is 13.0. The number of rotatable bonds is 4. The van der Waals surface area contributed by atoms with Gasteiger partial charge in [0, 0.05) is 25.5 Å². The number of hydrogen-bond acceptors (Lipinski definition) is 6. The highest BCUT2D eigenvalue weighted by Gasteiger charge is 2.34. The molecule has 34 heavy (non-hydrogen) atoms. The first kappa shape index (κ1) is 21.8. The van der Waals surface area contributed by atoms with Crippen LogP contribution in [0.15, 0.2) is 67.4 Å². The number of aryl methyl sites for hydroxylation is 2. The van der Waals surface area contributed by atoms with E-state index in [0.29, 0.717) is 33.4 Å². The first-order chi connectivity index (χ1) is 16.2. The monoisotopic (exact) mass is 498 g/mol. The lowest BCUT2D eigenvalue weighted by Gasteiger charge is -2.20. The number of nitrogens with zero attached hydrogens (tertiary/aromatic N) is 2. The van der Waals surface area contributed by atoms with Crippen LogP contribution in [0.1, 0.15) is 0 Å². The molecule has 5 rings (SSSR count). The van der Waals surface area contributed by atoms with E-state index in [2.05, 4.69) is 20.6 Å². The van der Waals surface area contributed by atoms with E-state index in [1.54, 1.807) is 50.5 Å². The van der Waals surface area contributed by atoms with Gasteiger partial charge in [-0.05, 0) is 36.4 Å². The number of carbonyl (C=O) groups is 2. The molecule has 0 fully saturated rings. The van der Waals surface area contributed by atoms with E-state index >= 15 is 0 Å². The first-order valence-corrected chi connectivity index (χ1v) is 10.7. The number of anilines is 2. The molecule has 1 aliphatic rings. The number of fused-ring (bicyclic) bond motifs is 2. The predicted octanol–water partition coefficient (Wildman–Crippen LogP) is 2.62. The van der Waals surface area contributed by atoms with Crippen LogP contribution in [-0.2, 0) is 23.7 Å². The normalized spacial score (nSPS) is 14.6. The van der Waals surface area contributed by atoms with Crippen molar-refractivity contribution in [2.24, 2.45) is 14.1 Å². The van der Waals surface area contributed by atoms with Gasteiger partial charge >= 0.3 is 11.4 Å². The zero-order valence-electron chi connectivity index (χ0n) is 17.7. The van der Waals surface area contributed by atoms with Gasteiger partial charge in [-0.25, -0.2) is 9.59 Å². The van der Waals surface area contributed by atoms with E-state index < -0.39 is 11.6 Å². The smallest absolute Gasteiger partial charge is 0.326 e. The number of aromatic nitrogens is 4. The molecule has 0 amide bonds. The van der Waals surface area contributed by atoms with Crippen LogP contribution in [0.2, 0.25) is 0 Å². The summed E-state index contributed by atoms with van der Waals surface area (Å²) in [6.07, 6.45) is 0. The van der Waals surface area contributed by atoms with Crippen molar-refractivity contribution in [1.29, 1.82) is 0 Å². The minimum absolute atomic E-state index is 0.178. The predicted molar refractivity (Wildman–Crippen MR) is 130 cm³/mol. The van der Waals surface area contributed by atoms with Gasteiger partial charge < -0.3 is 20.6 Å². The van der Waals surface area contributed by atoms with Crippen LogP contribution < -0.4 is 22.0 Å². The first-order valence-electron chi connectivity index (χ1n) is 9.96. The SMILES string of the molecule is Cn1c(=O)[nH]c2cc(NC3=C(Cl)C(=O)C(Nc4ccc5c(c4)[nH]c(=O)n5C)=C(Cl)C3=O)ccc21. The summed E-state index contributed by atoms with van der Waals surface area (Å²) >= 11 is 12.5. The van der Waals surface area contributed by atoms with Crippen molar-refractivity contribution < 1.29 is 9.59 Å². The van der Waals surface area contributed by atoms with Crippen molar-refractivity contribution in [2.75, 3.05) is 10.6 Å². The van der Waals surface area contributed by atoms with E-state index in [1.165, 1.54) is 9.13 Å². The molecular weight excluding hydrogens is 483 g/mol. The second kappa shape index (κ2) is 7.79. The summed E-state index contributed by atoms with van der Waals surface area (Å²) in [5.41, 5.74) is 2.37. The molecule has 12 heteroatoms. The van der Waals surface area contributed by atoms with Crippen LogP contribution >= 0.6 is 23.2 Å². The number of halogens is 2. The third-order valence-corrected chi connectivity index (χ3v) is 6.36. The molecule has 0 radical (unpaired) electrons. The molecule has 0 saturated heterocycles. The summed E-state index contributed by atoms with van der Waals surface area (Å²) < 4.78 is 2.89. The fourth-order valence-corrected chi connectivity index (χ4v) is 4.24. The zero-order chi connectivity index (χ0) is 24.3. The Labute approximate surface area is 200 Å². The molecule has 0 unspecified atom stereocenters. The molecular formula is C22H16Cl2N6O4. The largest absolute Gasteiger partial charge is 0.351 e. The third kappa shape index (κ3) is 3.35. The van der Waals surface area contributed by atoms with Gasteiger partial charge in [0.25, 0.3) is 0 Å². The molecule has 0 saturated carbocycles. The molecule has 0 spiro atoms. The van der Waals surface area contributed by atoms with Crippen molar-refractivity contribution >= 4 is 68.2 Å². The fourth-order valence-electron chi connectivity index (χ4n) is 3.79. The number of aromatic amines is 2. The van der Waals surface area contributed by atoms with Crippen molar-refractivity contribution in [3.63, 3.8) is 0 Å². The summed E-state index contributed by atoms with van der Waals surface area (Å²) in [5, 5.41) is 4.99. The molecule has 1 aliphatic carbocycles. The van der Waals surface area contributed by atoms with E-state index in [0.717, 1.165) is 0 Å². The number of benzene rings is 2. The Morgan fingerprint density at radius 1 is 0.676 bits per heavy atom. The van der Waals surface area contributed by atoms with Gasteiger partial charge in [-0.2, -0.15) is 0 Å². The van der Waals surface area contributed by atoms with E-state index in [4.69, 9.17) is 23.2 Å². The molecule has 4 aromatic rings. The molecule has 2 aromatic heterocycles. The Bertz CT molecular complexity index is 1610. The lowest BCUT2D eigenvalue weighted by molar-refractivity contribution is -0.115. The van der Waals surface area contributed by atoms with Crippen LogP contribution in [0.3, 0.4) is 0 Å². The number of hydrogen-bond donors (Lipinski definition) is 4. The second-order valence-corrected chi connectivity index (χ2v) is 8.48. The van der Waals surface area contributed by atoms with Crippen molar-refractivity contribution in [3.8, 4) is 0 Å². The van der Waals surface area contributed by atoms with Gasteiger partial charge in [0.1, 0.15) is 21.5 Å². The topological polar surface area (TPSA) is 134 Å². The molecule has 0 aliphatic heterocycles. The van der Waals surface area contributed by atoms with E-state index in [9.17, 15) is 19.2 Å². The molecule has 0 bridgehead atoms. The molecule has 172 valence electrons. The van der Waals surface area contributed by atoms with Crippen LogP contribution in [0, 0.1) is 0 Å². The zero-order valence-corrected chi connectivity index (χ0v) is 19.3. The number of carbonyl (C=O) groups excluding carboxylic acids is 2. The number of Topliss-reactive ketones (excluding diaryl/α,β-unsaturated/α-hetero) is 2. The number of allylic oxidation sites excluding steroid dienone is 2. The van der Waals surface area contributed by atoms with Crippen LogP contribution in [0.4, 0.5) is 11.4 Å². The van der Waals surface area contributed by atoms with Gasteiger partial charge in [-0.15, -0.1) is 0 Å². The van der Waals surface area contributed by atoms with Crippen molar-refractivity contribution in [1.82, 2.24) is 19.1 Å². The second-order valence-electron chi connectivity index (χ2n) is 7.73. The Kier molecular flexibility index (Phi) is 4.99. The standard InChI is InChI=1S/C22H16Cl2N6O4/c1-29-13-5-3-9(7-11(13)27-21(29)33)25-17-15(23)20(32)18(16(24)19(17)31)26-10-4-6-14-12(8-10)28-22(34)30(14)2/h3-8,25-26H,1-2H3,(H,27,33)(H,28,34). The molecule has 4 N–H and O–H groups in total. The van der Waals surface area contributed by atoms with Crippen molar-refractivity contribution in [3.05, 3.63) is 78.8 Å². The Balaban J connectivity index is 1.45. The number of ketones is 2. The highest BCUT2D eigenvalue weighted by atomic mass is 35.5. The van der Waals surface area contributed by atoms with E-state index in [1.807, 2.05) is 0 Å². The summed E-state index contributed by atoms with van der Waals surface area (Å²) in [7, 11) is 3.26. The average Bonchev–Trinajstić information content (AvgIpc) is 3.26. The Morgan fingerprint density at radius 3 is 1.44 bits per heavy atom. The lowest BCUT2D eigenvalue weighted by atomic mass is 10.0. The number of nitrogens with one attached hydrogen (secondary N) is 4. The van der Waals surface area contributed by atoms with Gasteiger partial charge in [0.2, 0.25) is 11.6 Å². The Morgan fingerprint density at radius 2 is 1.06 bits per heavy atom. The van der Waals surface area contributed by atoms with Crippen molar-refractivity contribution in [2.45, 2.75) is 0 Å². The quantitative estimate of drug-likeness (QED) is 0.319. The molecule has 10 nitrogen and oxygen atoms in total. The Hall–Kier alpha value is -4.02. The highest BCUT2D eigenvalue weighted by molar-refractivity contribution is 6.56. The minimum atomic E-state index is -0.676. The van der Waals surface area contributed by atoms with Gasteiger partial charge in [-0.3, -0.25) is 18.7 Å². The maximum absolute atomic E-state index is 13.0. The summed E-state index contributed by atoms with van der Waals surface area (Å²) in [4.78, 5) is 55.0. The van der Waals surface area contributed by atoms with Gasteiger partial charge in [-0.1, -0.05) is 23.2 Å². The summed E-state index contributed by atoms with van der Waals surface area (Å²) in [6.45, 7) is 0. The summed E-state index contributed by atoms with van der Waals surface area (Å²) in [5.74, 6) is -1.35. The molecule has 2 heterocycles. The lowest BCUT2D eigenvalue weighted by Crippen LogP contribution is -2.27. The van der Waals surface area contributed by atoms with Gasteiger partial charge in [0.15, 0.2) is 0 Å². The molecule has 2 aromatic carbocycles. The maximum Gasteiger partial charge on any atom is 0.326 e. The number of imidazole rings is 2. The minimum Gasteiger partial charge on any atom is -0.351 e. The third-order valence-electron chi connectivity index (χ3n) is 5.64. The van der Waals surface area contributed by atoms with Crippen LogP contribution in [0.25, 0.3) is 22.1 Å². The summed E-state index contributed by atoms with van der Waals surface area (Å²) in [6, 6.07) is 9.90. The molecule has 0 atom stereocenters. The van der Waals surface area contributed by atoms with Crippen LogP contribution in [0.5, 0.6) is 0 Å². The van der Waals surface area contributed by atoms with E-state index in [-0.39, 0.29) is 32.8 Å². The van der Waals surface area contributed by atoms with Crippen LogP contribution in [-0.4, -0.2) is 30.7 Å². The van der Waals surface area contributed by atoms with Gasteiger partial charge in [0.05, 0.1) is 22.1 Å². The number of H-pyrrole nitrogens is 2. The average molecular weight is 499 g/mol. The highest BCUT2D eigenvalue weighted by Crippen LogP contribution is 2.32. The fraction of sp³-hybridized carbons (Fsp3) is 0.0909.